The first-order chi connectivity index (χ1) is 9.63. The van der Waals surface area contributed by atoms with Crippen LogP contribution in [0, 0.1) is 13.8 Å². The minimum Gasteiger partial charge on any atom is -0.507 e. The Balaban J connectivity index is 1.99. The molecule has 0 atom stereocenters. The molecule has 2 aromatic carbocycles. The number of hydrogen-bond acceptors (Lipinski definition) is 3. The first-order valence-corrected chi connectivity index (χ1v) is 6.47. The highest BCUT2D eigenvalue weighted by molar-refractivity contribution is 5.70. The Morgan fingerprint density at radius 2 is 1.60 bits per heavy atom. The Bertz CT molecular complexity index is 742. The number of benzene rings is 2. The zero-order valence-electron chi connectivity index (χ0n) is 11.4. The molecule has 0 amide bonds. The van der Waals surface area contributed by atoms with Crippen LogP contribution in [-0.4, -0.2) is 10.3 Å². The second-order valence-electron chi connectivity index (χ2n) is 4.96. The Kier molecular flexibility index (Phi) is 3.03. The zero-order valence-corrected chi connectivity index (χ0v) is 11.4. The standard InChI is InChI=1S/C17H15NO2/c1-11-3-6-13(7-4-11)15-10-17(20-18-15)14-8-5-12(2)9-16(14)19/h3-10,19H,1-2H3. The average Bonchev–Trinajstić information content (AvgIpc) is 2.89. The van der Waals surface area contributed by atoms with Gasteiger partial charge in [-0.15, -0.1) is 0 Å². The van der Waals surface area contributed by atoms with E-state index in [-0.39, 0.29) is 5.75 Å². The number of hydrogen-bond donors (Lipinski definition) is 1. The van der Waals surface area contributed by atoms with E-state index in [1.165, 1.54) is 5.56 Å². The molecule has 3 rings (SSSR count). The molecule has 100 valence electrons. The molecule has 0 spiro atoms. The summed E-state index contributed by atoms with van der Waals surface area (Å²) >= 11 is 0. The van der Waals surface area contributed by atoms with Gasteiger partial charge >= 0.3 is 0 Å². The van der Waals surface area contributed by atoms with Gasteiger partial charge in [0.1, 0.15) is 11.4 Å². The van der Waals surface area contributed by atoms with E-state index in [2.05, 4.69) is 5.16 Å². The van der Waals surface area contributed by atoms with Gasteiger partial charge in [0.2, 0.25) is 0 Å². The molecule has 0 aliphatic heterocycles. The van der Waals surface area contributed by atoms with Crippen molar-refractivity contribution in [2.45, 2.75) is 13.8 Å². The molecule has 1 aromatic heterocycles. The normalized spacial score (nSPS) is 10.7. The zero-order chi connectivity index (χ0) is 14.1. The van der Waals surface area contributed by atoms with Crippen molar-refractivity contribution in [1.29, 1.82) is 0 Å². The molecule has 0 saturated carbocycles. The van der Waals surface area contributed by atoms with E-state index in [1.54, 1.807) is 6.07 Å². The third-order valence-corrected chi connectivity index (χ3v) is 3.28. The summed E-state index contributed by atoms with van der Waals surface area (Å²) in [6.07, 6.45) is 0. The highest BCUT2D eigenvalue weighted by Crippen LogP contribution is 2.32. The van der Waals surface area contributed by atoms with Gasteiger partial charge in [-0.05, 0) is 31.5 Å². The molecule has 0 radical (unpaired) electrons. The van der Waals surface area contributed by atoms with Crippen molar-refractivity contribution in [3.8, 4) is 28.3 Å². The number of rotatable bonds is 2. The smallest absolute Gasteiger partial charge is 0.171 e. The minimum absolute atomic E-state index is 0.205. The summed E-state index contributed by atoms with van der Waals surface area (Å²) in [5.74, 6) is 0.773. The molecule has 0 saturated heterocycles. The predicted octanol–water partition coefficient (Wildman–Crippen LogP) is 4.33. The van der Waals surface area contributed by atoms with Gasteiger partial charge in [-0.1, -0.05) is 41.1 Å². The minimum atomic E-state index is 0.205. The molecule has 0 unspecified atom stereocenters. The second kappa shape index (κ2) is 4.85. The van der Waals surface area contributed by atoms with Crippen LogP contribution in [0.1, 0.15) is 11.1 Å². The SMILES string of the molecule is Cc1ccc(-c2cc(-c3ccc(C)cc3O)on2)cc1. The Morgan fingerprint density at radius 1 is 0.900 bits per heavy atom. The van der Waals surface area contributed by atoms with Crippen molar-refractivity contribution in [2.75, 3.05) is 0 Å². The van der Waals surface area contributed by atoms with E-state index in [0.29, 0.717) is 11.3 Å². The fraction of sp³-hybridized carbons (Fsp3) is 0.118. The van der Waals surface area contributed by atoms with Crippen LogP contribution in [0.5, 0.6) is 5.75 Å². The molecule has 0 bridgehead atoms. The van der Waals surface area contributed by atoms with Gasteiger partial charge in [0.25, 0.3) is 0 Å². The number of nitrogens with zero attached hydrogens (tertiary/aromatic N) is 1. The highest BCUT2D eigenvalue weighted by Gasteiger charge is 2.12. The van der Waals surface area contributed by atoms with Crippen LogP contribution in [0.4, 0.5) is 0 Å². The fourth-order valence-corrected chi connectivity index (χ4v) is 2.11. The first-order valence-electron chi connectivity index (χ1n) is 6.47. The molecular formula is C17H15NO2. The van der Waals surface area contributed by atoms with E-state index in [9.17, 15) is 5.11 Å². The maximum absolute atomic E-state index is 9.97. The molecule has 3 nitrogen and oxygen atoms in total. The summed E-state index contributed by atoms with van der Waals surface area (Å²) in [6, 6.07) is 15.4. The molecular weight excluding hydrogens is 250 g/mol. The van der Waals surface area contributed by atoms with Crippen molar-refractivity contribution < 1.29 is 9.63 Å². The van der Waals surface area contributed by atoms with E-state index in [0.717, 1.165) is 16.8 Å². The van der Waals surface area contributed by atoms with Crippen LogP contribution in [0.25, 0.3) is 22.6 Å². The monoisotopic (exact) mass is 265 g/mol. The molecule has 0 aliphatic carbocycles. The van der Waals surface area contributed by atoms with Gasteiger partial charge < -0.3 is 9.63 Å². The van der Waals surface area contributed by atoms with Crippen LogP contribution >= 0.6 is 0 Å². The second-order valence-corrected chi connectivity index (χ2v) is 4.96. The summed E-state index contributed by atoms with van der Waals surface area (Å²) < 4.78 is 5.35. The highest BCUT2D eigenvalue weighted by atomic mass is 16.5. The van der Waals surface area contributed by atoms with E-state index >= 15 is 0 Å². The van der Waals surface area contributed by atoms with Gasteiger partial charge in [0.15, 0.2) is 5.76 Å². The maximum Gasteiger partial charge on any atom is 0.171 e. The number of aromatic hydroxyl groups is 1. The molecule has 1 heterocycles. The largest absolute Gasteiger partial charge is 0.507 e. The van der Waals surface area contributed by atoms with Gasteiger partial charge in [-0.25, -0.2) is 0 Å². The lowest BCUT2D eigenvalue weighted by Gasteiger charge is -2.00. The lowest BCUT2D eigenvalue weighted by atomic mass is 10.1. The van der Waals surface area contributed by atoms with Crippen LogP contribution in [-0.2, 0) is 0 Å². The molecule has 3 aromatic rings. The fourth-order valence-electron chi connectivity index (χ4n) is 2.11. The quantitative estimate of drug-likeness (QED) is 0.750. The van der Waals surface area contributed by atoms with Crippen LogP contribution < -0.4 is 0 Å². The Morgan fingerprint density at radius 3 is 2.30 bits per heavy atom. The third-order valence-electron chi connectivity index (χ3n) is 3.28. The van der Waals surface area contributed by atoms with E-state index in [4.69, 9.17) is 4.52 Å². The topological polar surface area (TPSA) is 46.3 Å². The number of phenolic OH excluding ortho intramolecular Hbond substituents is 1. The van der Waals surface area contributed by atoms with E-state index in [1.807, 2.05) is 56.3 Å². The predicted molar refractivity (Wildman–Crippen MR) is 78.5 cm³/mol. The van der Waals surface area contributed by atoms with Gasteiger partial charge in [-0.2, -0.15) is 0 Å². The molecule has 20 heavy (non-hydrogen) atoms. The van der Waals surface area contributed by atoms with Crippen LogP contribution in [0.15, 0.2) is 53.1 Å². The van der Waals surface area contributed by atoms with Crippen molar-refractivity contribution >= 4 is 0 Å². The lowest BCUT2D eigenvalue weighted by Crippen LogP contribution is -1.78. The average molecular weight is 265 g/mol. The summed E-state index contributed by atoms with van der Waals surface area (Å²) in [6.45, 7) is 3.98. The maximum atomic E-state index is 9.97. The summed E-state index contributed by atoms with van der Waals surface area (Å²) in [5, 5.41) is 14.0. The molecule has 1 N–H and O–H groups in total. The van der Waals surface area contributed by atoms with Crippen molar-refractivity contribution in [1.82, 2.24) is 5.16 Å². The van der Waals surface area contributed by atoms with Crippen molar-refractivity contribution in [3.63, 3.8) is 0 Å². The summed E-state index contributed by atoms with van der Waals surface area (Å²) in [5.41, 5.74) is 4.62. The lowest BCUT2D eigenvalue weighted by molar-refractivity contribution is 0.428. The first kappa shape index (κ1) is 12.5. The molecule has 3 heteroatoms. The third kappa shape index (κ3) is 2.30. The van der Waals surface area contributed by atoms with Crippen LogP contribution in [0.2, 0.25) is 0 Å². The van der Waals surface area contributed by atoms with Gasteiger partial charge in [-0.3, -0.25) is 0 Å². The summed E-state index contributed by atoms with van der Waals surface area (Å²) in [4.78, 5) is 0. The van der Waals surface area contributed by atoms with Crippen molar-refractivity contribution in [2.24, 2.45) is 0 Å². The van der Waals surface area contributed by atoms with Gasteiger partial charge in [0.05, 0.1) is 5.56 Å². The molecule has 0 aliphatic rings. The van der Waals surface area contributed by atoms with Crippen LogP contribution in [0.3, 0.4) is 0 Å². The van der Waals surface area contributed by atoms with E-state index < -0.39 is 0 Å². The van der Waals surface area contributed by atoms with Gasteiger partial charge in [0, 0.05) is 11.6 Å². The Hall–Kier alpha value is -2.55. The number of aromatic nitrogens is 1. The summed E-state index contributed by atoms with van der Waals surface area (Å²) in [7, 11) is 0. The number of phenols is 1. The van der Waals surface area contributed by atoms with Crippen molar-refractivity contribution in [3.05, 3.63) is 59.7 Å². The number of aryl methyl sites for hydroxylation is 2. The Labute approximate surface area is 117 Å². The molecule has 0 fully saturated rings.